The second-order valence-corrected chi connectivity index (χ2v) is 10.1. The van der Waals surface area contributed by atoms with Crippen molar-refractivity contribution in [3.05, 3.63) is 118 Å². The molecule has 2 heterocycles. The predicted octanol–water partition coefficient (Wildman–Crippen LogP) is 3.42. The smallest absolute Gasteiger partial charge is 0.327 e. The molecule has 0 saturated carbocycles. The van der Waals surface area contributed by atoms with Gasteiger partial charge in [-0.15, -0.1) is 0 Å². The van der Waals surface area contributed by atoms with Crippen molar-refractivity contribution >= 4 is 46.3 Å². The Labute approximate surface area is 238 Å². The van der Waals surface area contributed by atoms with E-state index in [0.717, 1.165) is 0 Å². The number of hydrogen-bond donors (Lipinski definition) is 2. The highest BCUT2D eigenvalue weighted by molar-refractivity contribution is 6.34. The number of rotatable bonds is 8. The van der Waals surface area contributed by atoms with Gasteiger partial charge in [0.25, 0.3) is 23.6 Å². The highest BCUT2D eigenvalue weighted by atomic mass is 16.4. The van der Waals surface area contributed by atoms with E-state index in [1.165, 1.54) is 24.3 Å². The van der Waals surface area contributed by atoms with Gasteiger partial charge in [0, 0.05) is 45.9 Å². The second kappa shape index (κ2) is 10.1. The monoisotopic (exact) mass is 562 g/mol. The lowest BCUT2D eigenvalue weighted by molar-refractivity contribution is -0.142. The zero-order valence-electron chi connectivity index (χ0n) is 21.9. The van der Waals surface area contributed by atoms with Crippen molar-refractivity contribution in [2.45, 2.75) is 24.9 Å². The lowest BCUT2D eigenvalue weighted by Crippen LogP contribution is -2.53. The van der Waals surface area contributed by atoms with E-state index < -0.39 is 47.7 Å². The molecule has 4 aromatic rings. The molecule has 6 rings (SSSR count). The summed E-state index contributed by atoms with van der Waals surface area (Å²) in [6.45, 7) is 0. The molecule has 2 unspecified atom stereocenters. The number of imide groups is 2. The third kappa shape index (κ3) is 4.12. The number of carboxylic acid groups (broad SMARTS) is 2. The maximum Gasteiger partial charge on any atom is 0.327 e. The van der Waals surface area contributed by atoms with E-state index in [9.17, 15) is 39.0 Å². The largest absolute Gasteiger partial charge is 0.480 e. The van der Waals surface area contributed by atoms with Gasteiger partial charge < -0.3 is 10.2 Å². The van der Waals surface area contributed by atoms with Crippen molar-refractivity contribution in [3.63, 3.8) is 0 Å². The highest BCUT2D eigenvalue weighted by Gasteiger charge is 2.45. The standard InChI is InChI=1S/C32H22N2O8/c35-27-19-11-13-21-26-22(30(38)34(29(21)37)24(32(41)42)16-18-9-5-2-6-10-18)14-12-20(25(19)26)28(36)33(27)23(31(39)40)15-17-7-3-1-4-8-17/h1-14,23-24H,15-16H2,(H,39,40)(H,41,42). The molecule has 208 valence electrons. The van der Waals surface area contributed by atoms with Gasteiger partial charge in [-0.2, -0.15) is 0 Å². The Bertz CT molecular complexity index is 1630. The number of carbonyl (C=O) groups excluding carboxylic acids is 4. The van der Waals surface area contributed by atoms with Crippen LogP contribution in [0.3, 0.4) is 0 Å². The summed E-state index contributed by atoms with van der Waals surface area (Å²) >= 11 is 0. The Balaban J connectivity index is 1.44. The molecule has 0 aliphatic carbocycles. The van der Waals surface area contributed by atoms with E-state index >= 15 is 0 Å². The summed E-state index contributed by atoms with van der Waals surface area (Å²) in [6.07, 6.45) is -0.238. The lowest BCUT2D eigenvalue weighted by atomic mass is 9.84. The molecule has 4 aromatic carbocycles. The van der Waals surface area contributed by atoms with E-state index in [1.54, 1.807) is 60.7 Å². The summed E-state index contributed by atoms with van der Waals surface area (Å²) in [4.78, 5) is 80.8. The Morgan fingerprint density at radius 2 is 0.786 bits per heavy atom. The van der Waals surface area contributed by atoms with Crippen molar-refractivity contribution in [1.29, 1.82) is 0 Å². The number of nitrogens with zero attached hydrogens (tertiary/aromatic N) is 2. The fraction of sp³-hybridized carbons (Fsp3) is 0.125. The molecule has 0 fully saturated rings. The van der Waals surface area contributed by atoms with Gasteiger partial charge in [-0.25, -0.2) is 9.59 Å². The van der Waals surface area contributed by atoms with E-state index in [-0.39, 0.29) is 45.9 Å². The zero-order valence-corrected chi connectivity index (χ0v) is 21.9. The molecule has 2 aliphatic rings. The summed E-state index contributed by atoms with van der Waals surface area (Å²) < 4.78 is 0. The predicted molar refractivity (Wildman–Crippen MR) is 148 cm³/mol. The Morgan fingerprint density at radius 1 is 0.500 bits per heavy atom. The SMILES string of the molecule is O=C(O)C(Cc1ccccc1)N1C(=O)c2ccc3c4c(ccc(c24)C1=O)C(=O)N(C(Cc1ccccc1)C(=O)O)C3=O. The quantitative estimate of drug-likeness (QED) is 0.310. The third-order valence-electron chi connectivity index (χ3n) is 7.69. The van der Waals surface area contributed by atoms with E-state index in [1.807, 2.05) is 0 Å². The summed E-state index contributed by atoms with van der Waals surface area (Å²) in [5.41, 5.74) is 1.10. The topological polar surface area (TPSA) is 149 Å². The average molecular weight is 563 g/mol. The van der Waals surface area contributed by atoms with E-state index in [4.69, 9.17) is 0 Å². The molecule has 0 spiro atoms. The molecule has 0 aromatic heterocycles. The molecule has 2 atom stereocenters. The number of carboxylic acids is 2. The van der Waals surface area contributed by atoms with Gasteiger partial charge in [-0.05, 0) is 35.4 Å². The van der Waals surface area contributed by atoms with Crippen molar-refractivity contribution in [3.8, 4) is 0 Å². The van der Waals surface area contributed by atoms with Crippen LogP contribution < -0.4 is 0 Å². The van der Waals surface area contributed by atoms with Gasteiger partial charge in [-0.3, -0.25) is 29.0 Å². The van der Waals surface area contributed by atoms with Crippen molar-refractivity contribution in [2.24, 2.45) is 0 Å². The zero-order chi connectivity index (χ0) is 29.7. The van der Waals surface area contributed by atoms with Gasteiger partial charge in [0.05, 0.1) is 0 Å². The van der Waals surface area contributed by atoms with Crippen LogP contribution in [0.2, 0.25) is 0 Å². The van der Waals surface area contributed by atoms with Gasteiger partial charge in [0.15, 0.2) is 0 Å². The average Bonchev–Trinajstić information content (AvgIpc) is 2.98. The molecular weight excluding hydrogens is 540 g/mol. The van der Waals surface area contributed by atoms with Gasteiger partial charge in [-0.1, -0.05) is 60.7 Å². The summed E-state index contributed by atoms with van der Waals surface area (Å²) in [7, 11) is 0. The number of benzene rings is 4. The first-order chi connectivity index (χ1) is 20.2. The van der Waals surface area contributed by atoms with Gasteiger partial charge in [0.1, 0.15) is 12.1 Å². The molecule has 0 bridgehead atoms. The minimum Gasteiger partial charge on any atom is -0.480 e. The van der Waals surface area contributed by atoms with Crippen LogP contribution in [-0.4, -0.2) is 67.7 Å². The Morgan fingerprint density at radius 3 is 1.05 bits per heavy atom. The Hall–Kier alpha value is -5.64. The molecule has 2 N–H and O–H groups in total. The number of amides is 4. The number of aliphatic carboxylic acids is 2. The second-order valence-electron chi connectivity index (χ2n) is 10.1. The molecule has 42 heavy (non-hydrogen) atoms. The molecule has 0 radical (unpaired) electrons. The minimum atomic E-state index is -1.50. The van der Waals surface area contributed by atoms with Crippen molar-refractivity contribution in [1.82, 2.24) is 9.80 Å². The molecule has 0 saturated heterocycles. The van der Waals surface area contributed by atoms with Crippen LogP contribution in [0.1, 0.15) is 52.6 Å². The van der Waals surface area contributed by atoms with E-state index in [0.29, 0.717) is 20.9 Å². The van der Waals surface area contributed by atoms with Crippen molar-refractivity contribution < 1.29 is 39.0 Å². The number of carbonyl (C=O) groups is 6. The maximum absolute atomic E-state index is 13.7. The first kappa shape index (κ1) is 26.6. The molecular formula is C32H22N2O8. The maximum atomic E-state index is 13.7. The first-order valence-corrected chi connectivity index (χ1v) is 13.1. The van der Waals surface area contributed by atoms with Crippen LogP contribution in [0.15, 0.2) is 84.9 Å². The third-order valence-corrected chi connectivity index (χ3v) is 7.69. The molecule has 4 amide bonds. The summed E-state index contributed by atoms with van der Waals surface area (Å²) in [5, 5.41) is 20.2. The fourth-order valence-electron chi connectivity index (χ4n) is 5.73. The number of hydrogen-bond acceptors (Lipinski definition) is 6. The summed E-state index contributed by atoms with van der Waals surface area (Å²) in [5.74, 6) is -6.20. The van der Waals surface area contributed by atoms with Crippen LogP contribution in [0.4, 0.5) is 0 Å². The van der Waals surface area contributed by atoms with Crippen LogP contribution in [0.25, 0.3) is 10.8 Å². The highest BCUT2D eigenvalue weighted by Crippen LogP contribution is 2.39. The minimum absolute atomic E-state index is 0.0300. The first-order valence-electron chi connectivity index (χ1n) is 13.1. The van der Waals surface area contributed by atoms with Crippen molar-refractivity contribution in [2.75, 3.05) is 0 Å². The fourth-order valence-corrected chi connectivity index (χ4v) is 5.73. The normalized spacial score (nSPS) is 15.6. The van der Waals surface area contributed by atoms with Crippen LogP contribution in [0.5, 0.6) is 0 Å². The molecule has 10 nitrogen and oxygen atoms in total. The summed E-state index contributed by atoms with van der Waals surface area (Å²) in [6, 6.07) is 19.4. The molecule has 2 aliphatic heterocycles. The Kier molecular flexibility index (Phi) is 6.38. The van der Waals surface area contributed by atoms with Crippen LogP contribution in [-0.2, 0) is 22.4 Å². The molecule has 10 heteroatoms. The van der Waals surface area contributed by atoms with E-state index in [2.05, 4.69) is 0 Å². The van der Waals surface area contributed by atoms with Crippen LogP contribution in [0, 0.1) is 0 Å². The van der Waals surface area contributed by atoms with Gasteiger partial charge in [0.2, 0.25) is 0 Å². The lowest BCUT2D eigenvalue weighted by Gasteiger charge is -2.35. The van der Waals surface area contributed by atoms with Crippen LogP contribution >= 0.6 is 0 Å². The van der Waals surface area contributed by atoms with Gasteiger partial charge >= 0.3 is 11.9 Å².